The lowest BCUT2D eigenvalue weighted by Crippen LogP contribution is -1.86. The zero-order valence-electron chi connectivity index (χ0n) is 5.28. The van der Waals surface area contributed by atoms with Gasteiger partial charge in [0.05, 0.1) is 0 Å². The first-order valence-electron chi connectivity index (χ1n) is 2.93. The van der Waals surface area contributed by atoms with E-state index < -0.39 is 0 Å². The average molecular weight is 98.2 g/mol. The van der Waals surface area contributed by atoms with Crippen molar-refractivity contribution in [3.8, 4) is 0 Å². The smallest absolute Gasteiger partial charge is 0.0358 e. The summed E-state index contributed by atoms with van der Waals surface area (Å²) in [5.74, 6) is 0.528. The Morgan fingerprint density at radius 2 is 2.29 bits per heavy atom. The molecule has 0 aliphatic rings. The summed E-state index contributed by atoms with van der Waals surface area (Å²) in [5, 5.41) is 0. The van der Waals surface area contributed by atoms with Crippen LogP contribution in [0.3, 0.4) is 0 Å². The van der Waals surface area contributed by atoms with E-state index in [9.17, 15) is 0 Å². The van der Waals surface area contributed by atoms with Gasteiger partial charge in [-0.3, -0.25) is 0 Å². The SMILES string of the molecule is [CH2]C(C)[CH]CCC. The van der Waals surface area contributed by atoms with Crippen molar-refractivity contribution >= 4 is 0 Å². The van der Waals surface area contributed by atoms with Crippen LogP contribution in [0, 0.1) is 19.3 Å². The number of hydrogen-bond donors (Lipinski definition) is 0. The number of rotatable bonds is 3. The van der Waals surface area contributed by atoms with Crippen LogP contribution in [0.25, 0.3) is 0 Å². The summed E-state index contributed by atoms with van der Waals surface area (Å²) >= 11 is 0. The molecule has 0 rings (SSSR count). The van der Waals surface area contributed by atoms with E-state index in [1.807, 2.05) is 0 Å². The van der Waals surface area contributed by atoms with Gasteiger partial charge in [0, 0.05) is 0 Å². The summed E-state index contributed by atoms with van der Waals surface area (Å²) in [4.78, 5) is 0. The molecule has 1 unspecified atom stereocenters. The second-order valence-electron chi connectivity index (χ2n) is 2.00. The van der Waals surface area contributed by atoms with E-state index >= 15 is 0 Å². The molecule has 0 N–H and O–H groups in total. The van der Waals surface area contributed by atoms with Crippen LogP contribution in [0.2, 0.25) is 0 Å². The lowest BCUT2D eigenvalue weighted by molar-refractivity contribution is 0.749. The first-order chi connectivity index (χ1) is 3.27. The third-order valence-corrected chi connectivity index (χ3v) is 0.858. The van der Waals surface area contributed by atoms with Crippen LogP contribution in [0.5, 0.6) is 0 Å². The van der Waals surface area contributed by atoms with E-state index in [1.54, 1.807) is 0 Å². The quantitative estimate of drug-likeness (QED) is 0.508. The maximum absolute atomic E-state index is 3.82. The van der Waals surface area contributed by atoms with Crippen LogP contribution < -0.4 is 0 Å². The van der Waals surface area contributed by atoms with Crippen LogP contribution in [-0.4, -0.2) is 0 Å². The number of unbranched alkanes of at least 4 members (excludes halogenated alkanes) is 1. The topological polar surface area (TPSA) is 0 Å². The Labute approximate surface area is 46.9 Å². The normalized spacial score (nSPS) is 10.3. The minimum absolute atomic E-state index is 0.528. The predicted molar refractivity (Wildman–Crippen MR) is 33.7 cm³/mol. The Morgan fingerprint density at radius 1 is 1.71 bits per heavy atom. The molecule has 2 radical (unpaired) electrons. The zero-order chi connectivity index (χ0) is 5.70. The highest BCUT2D eigenvalue weighted by molar-refractivity contribution is 4.72. The van der Waals surface area contributed by atoms with Gasteiger partial charge in [0.15, 0.2) is 0 Å². The average Bonchev–Trinajstić information content (AvgIpc) is 1.61. The molecular formula is C7H14. The molecule has 1 atom stereocenters. The molecule has 0 heterocycles. The summed E-state index contributed by atoms with van der Waals surface area (Å²) in [7, 11) is 0. The van der Waals surface area contributed by atoms with Crippen molar-refractivity contribution in [3.63, 3.8) is 0 Å². The van der Waals surface area contributed by atoms with E-state index in [0.29, 0.717) is 5.92 Å². The van der Waals surface area contributed by atoms with Crippen molar-refractivity contribution in [1.82, 2.24) is 0 Å². The number of hydrogen-bond acceptors (Lipinski definition) is 0. The standard InChI is InChI=1S/C7H14/c1-4-5-6-7(2)3/h6-7H,2,4-5H2,1,3H3. The van der Waals surface area contributed by atoms with Crippen molar-refractivity contribution < 1.29 is 0 Å². The van der Waals surface area contributed by atoms with Gasteiger partial charge in [-0.25, -0.2) is 0 Å². The van der Waals surface area contributed by atoms with E-state index in [0.717, 1.165) is 0 Å². The van der Waals surface area contributed by atoms with Gasteiger partial charge < -0.3 is 0 Å². The molecule has 0 aromatic rings. The highest BCUT2D eigenvalue weighted by Crippen LogP contribution is 2.02. The van der Waals surface area contributed by atoms with Crippen LogP contribution in [0.4, 0.5) is 0 Å². The van der Waals surface area contributed by atoms with Gasteiger partial charge in [-0.15, -0.1) is 0 Å². The highest BCUT2D eigenvalue weighted by atomic mass is 13.9. The van der Waals surface area contributed by atoms with E-state index in [-0.39, 0.29) is 0 Å². The van der Waals surface area contributed by atoms with Crippen molar-refractivity contribution in [2.75, 3.05) is 0 Å². The molecule has 0 aliphatic carbocycles. The Kier molecular flexibility index (Phi) is 4.17. The third-order valence-electron chi connectivity index (χ3n) is 0.858. The fourth-order valence-electron chi connectivity index (χ4n) is 0.451. The molecule has 0 bridgehead atoms. The maximum Gasteiger partial charge on any atom is -0.0358 e. The van der Waals surface area contributed by atoms with E-state index in [2.05, 4.69) is 27.2 Å². The fourth-order valence-corrected chi connectivity index (χ4v) is 0.451. The maximum atomic E-state index is 3.82. The Morgan fingerprint density at radius 3 is 2.43 bits per heavy atom. The summed E-state index contributed by atoms with van der Waals surface area (Å²) in [5.41, 5.74) is 0. The Balaban J connectivity index is 2.68. The van der Waals surface area contributed by atoms with Gasteiger partial charge in [-0.2, -0.15) is 0 Å². The Bertz CT molecular complexity index is 29.0. The van der Waals surface area contributed by atoms with Crippen molar-refractivity contribution in [2.24, 2.45) is 5.92 Å². The minimum Gasteiger partial charge on any atom is -0.0654 e. The molecule has 0 amide bonds. The van der Waals surface area contributed by atoms with Gasteiger partial charge in [0.2, 0.25) is 0 Å². The molecule has 0 saturated carbocycles. The van der Waals surface area contributed by atoms with Crippen molar-refractivity contribution in [3.05, 3.63) is 13.3 Å². The molecular weight excluding hydrogens is 84.1 g/mol. The van der Waals surface area contributed by atoms with Crippen molar-refractivity contribution in [1.29, 1.82) is 0 Å². The zero-order valence-corrected chi connectivity index (χ0v) is 5.28. The van der Waals surface area contributed by atoms with Crippen molar-refractivity contribution in [2.45, 2.75) is 26.7 Å². The van der Waals surface area contributed by atoms with E-state index in [4.69, 9.17) is 0 Å². The first kappa shape index (κ1) is 7.00. The van der Waals surface area contributed by atoms with Crippen LogP contribution in [-0.2, 0) is 0 Å². The van der Waals surface area contributed by atoms with Crippen LogP contribution in [0.15, 0.2) is 0 Å². The van der Waals surface area contributed by atoms with Crippen LogP contribution in [0.1, 0.15) is 26.7 Å². The summed E-state index contributed by atoms with van der Waals surface area (Å²) < 4.78 is 0. The lowest BCUT2D eigenvalue weighted by Gasteiger charge is -1.98. The second kappa shape index (κ2) is 4.17. The molecule has 0 aromatic heterocycles. The van der Waals surface area contributed by atoms with Gasteiger partial charge in [-0.05, 0) is 12.3 Å². The molecule has 0 nitrogen and oxygen atoms in total. The lowest BCUT2D eigenvalue weighted by atomic mass is 10.1. The molecule has 0 aromatic carbocycles. The van der Waals surface area contributed by atoms with Crippen LogP contribution >= 0.6 is 0 Å². The molecule has 0 aliphatic heterocycles. The third kappa shape index (κ3) is 6.00. The second-order valence-corrected chi connectivity index (χ2v) is 2.00. The molecule has 0 fully saturated rings. The summed E-state index contributed by atoms with van der Waals surface area (Å²) in [6.07, 6.45) is 4.70. The highest BCUT2D eigenvalue weighted by Gasteiger charge is 1.89. The monoisotopic (exact) mass is 98.1 g/mol. The van der Waals surface area contributed by atoms with Gasteiger partial charge in [-0.1, -0.05) is 33.6 Å². The molecule has 0 spiro atoms. The summed E-state index contributed by atoms with van der Waals surface area (Å²) in [6.45, 7) is 8.11. The summed E-state index contributed by atoms with van der Waals surface area (Å²) in [6, 6.07) is 0. The fraction of sp³-hybridized carbons (Fsp3) is 0.714. The van der Waals surface area contributed by atoms with Gasteiger partial charge >= 0.3 is 0 Å². The van der Waals surface area contributed by atoms with E-state index in [1.165, 1.54) is 12.8 Å². The molecule has 7 heavy (non-hydrogen) atoms. The molecule has 0 saturated heterocycles. The van der Waals surface area contributed by atoms with Gasteiger partial charge in [0.1, 0.15) is 0 Å². The molecule has 42 valence electrons. The largest absolute Gasteiger partial charge is 0.0654 e. The first-order valence-corrected chi connectivity index (χ1v) is 2.93. The minimum atomic E-state index is 0.528. The Hall–Kier alpha value is 0. The van der Waals surface area contributed by atoms with Gasteiger partial charge in [0.25, 0.3) is 0 Å². The molecule has 0 heteroatoms. The predicted octanol–water partition coefficient (Wildman–Crippen LogP) is 2.46.